The lowest BCUT2D eigenvalue weighted by Gasteiger charge is -2.15. The number of fused-ring (bicyclic) bond motifs is 1. The van der Waals surface area contributed by atoms with Crippen LogP contribution in [0.15, 0.2) is 12.3 Å². The van der Waals surface area contributed by atoms with Crippen LogP contribution in [0.3, 0.4) is 0 Å². The van der Waals surface area contributed by atoms with Crippen LogP contribution in [0.25, 0.3) is 0 Å². The van der Waals surface area contributed by atoms with Crippen LogP contribution < -0.4 is 0 Å². The Hall–Kier alpha value is -0.850. The number of nitrogens with zero attached hydrogens (tertiary/aromatic N) is 1. The van der Waals surface area contributed by atoms with Gasteiger partial charge in [-0.2, -0.15) is 0 Å². The fraction of sp³-hybridized carbons (Fsp3) is 0.643. The maximum atomic E-state index is 4.64. The van der Waals surface area contributed by atoms with Crippen LogP contribution in [0.4, 0.5) is 0 Å². The Kier molecular flexibility index (Phi) is 3.40. The van der Waals surface area contributed by atoms with E-state index in [0.717, 1.165) is 0 Å². The van der Waals surface area contributed by atoms with Crippen LogP contribution in [-0.4, -0.2) is 4.98 Å². The standard InChI is InChI=1S/C14H21N/c1-11(2)13-9-12-7-5-3-4-6-8-14(12)15-10-13/h9-11H,3-8H2,1-2H3. The fourth-order valence-electron chi connectivity index (χ4n) is 2.28. The normalized spacial score (nSPS) is 17.0. The Bertz CT molecular complexity index is 328. The first kappa shape index (κ1) is 10.7. The molecule has 0 saturated heterocycles. The molecule has 0 spiro atoms. The van der Waals surface area contributed by atoms with E-state index in [2.05, 4.69) is 31.1 Å². The van der Waals surface area contributed by atoms with Crippen molar-refractivity contribution in [2.45, 2.75) is 58.3 Å². The van der Waals surface area contributed by atoms with Gasteiger partial charge in [-0.3, -0.25) is 4.98 Å². The summed E-state index contributed by atoms with van der Waals surface area (Å²) in [5, 5.41) is 0. The van der Waals surface area contributed by atoms with E-state index in [1.165, 1.54) is 55.3 Å². The third-order valence-corrected chi connectivity index (χ3v) is 3.36. The van der Waals surface area contributed by atoms with Gasteiger partial charge < -0.3 is 0 Å². The summed E-state index contributed by atoms with van der Waals surface area (Å²) < 4.78 is 0. The average molecular weight is 203 g/mol. The second-order valence-corrected chi connectivity index (χ2v) is 4.94. The maximum Gasteiger partial charge on any atom is 0.0435 e. The quantitative estimate of drug-likeness (QED) is 0.675. The van der Waals surface area contributed by atoms with E-state index in [0.29, 0.717) is 5.92 Å². The predicted molar refractivity (Wildman–Crippen MR) is 64.2 cm³/mol. The van der Waals surface area contributed by atoms with Gasteiger partial charge in [0.15, 0.2) is 0 Å². The van der Waals surface area contributed by atoms with E-state index in [-0.39, 0.29) is 0 Å². The molecule has 2 rings (SSSR count). The minimum absolute atomic E-state index is 0.605. The molecule has 0 bridgehead atoms. The molecule has 1 aliphatic rings. The summed E-state index contributed by atoms with van der Waals surface area (Å²) in [4.78, 5) is 4.64. The lowest BCUT2D eigenvalue weighted by Crippen LogP contribution is -2.04. The zero-order valence-electron chi connectivity index (χ0n) is 9.92. The Morgan fingerprint density at radius 2 is 1.80 bits per heavy atom. The lowest BCUT2D eigenvalue weighted by atomic mass is 9.94. The van der Waals surface area contributed by atoms with E-state index in [4.69, 9.17) is 0 Å². The van der Waals surface area contributed by atoms with Gasteiger partial charge in [0.05, 0.1) is 0 Å². The van der Waals surface area contributed by atoms with E-state index in [1.807, 2.05) is 0 Å². The molecule has 1 aromatic heterocycles. The molecular formula is C14H21N. The molecule has 0 aromatic carbocycles. The highest BCUT2D eigenvalue weighted by Gasteiger charge is 2.10. The minimum atomic E-state index is 0.605. The van der Waals surface area contributed by atoms with Gasteiger partial charge >= 0.3 is 0 Å². The summed E-state index contributed by atoms with van der Waals surface area (Å²) in [6.07, 6.45) is 9.94. The Morgan fingerprint density at radius 3 is 2.53 bits per heavy atom. The fourth-order valence-corrected chi connectivity index (χ4v) is 2.28. The van der Waals surface area contributed by atoms with Crippen molar-refractivity contribution in [2.75, 3.05) is 0 Å². The molecular weight excluding hydrogens is 182 g/mol. The van der Waals surface area contributed by atoms with Crippen molar-refractivity contribution < 1.29 is 0 Å². The van der Waals surface area contributed by atoms with Crippen LogP contribution in [0.2, 0.25) is 0 Å². The molecule has 82 valence electrons. The molecule has 1 nitrogen and oxygen atoms in total. The van der Waals surface area contributed by atoms with E-state index >= 15 is 0 Å². The van der Waals surface area contributed by atoms with Crippen LogP contribution in [-0.2, 0) is 12.8 Å². The third-order valence-electron chi connectivity index (χ3n) is 3.36. The van der Waals surface area contributed by atoms with E-state index < -0.39 is 0 Å². The molecule has 15 heavy (non-hydrogen) atoms. The summed E-state index contributed by atoms with van der Waals surface area (Å²) in [6, 6.07) is 2.39. The molecule has 0 unspecified atom stereocenters. The number of aromatic nitrogens is 1. The second kappa shape index (κ2) is 4.78. The van der Waals surface area contributed by atoms with Crippen molar-refractivity contribution in [1.29, 1.82) is 0 Å². The van der Waals surface area contributed by atoms with Crippen molar-refractivity contribution in [3.63, 3.8) is 0 Å². The monoisotopic (exact) mass is 203 g/mol. The number of rotatable bonds is 1. The van der Waals surface area contributed by atoms with Gasteiger partial charge in [0.25, 0.3) is 0 Å². The van der Waals surface area contributed by atoms with Crippen LogP contribution >= 0.6 is 0 Å². The van der Waals surface area contributed by atoms with Crippen molar-refractivity contribution in [3.05, 3.63) is 29.1 Å². The number of pyridine rings is 1. The van der Waals surface area contributed by atoms with Crippen LogP contribution in [0.5, 0.6) is 0 Å². The highest BCUT2D eigenvalue weighted by molar-refractivity contribution is 5.27. The molecule has 0 radical (unpaired) electrons. The lowest BCUT2D eigenvalue weighted by molar-refractivity contribution is 0.607. The summed E-state index contributed by atoms with van der Waals surface area (Å²) in [7, 11) is 0. The second-order valence-electron chi connectivity index (χ2n) is 4.94. The van der Waals surface area contributed by atoms with Gasteiger partial charge in [0.1, 0.15) is 0 Å². The topological polar surface area (TPSA) is 12.9 Å². The maximum absolute atomic E-state index is 4.64. The Balaban J connectivity index is 2.27. The van der Waals surface area contributed by atoms with E-state index in [9.17, 15) is 0 Å². The number of hydrogen-bond acceptors (Lipinski definition) is 1. The van der Waals surface area contributed by atoms with Gasteiger partial charge in [-0.25, -0.2) is 0 Å². The molecule has 1 heteroatoms. The average Bonchev–Trinajstić information content (AvgIpc) is 2.18. The van der Waals surface area contributed by atoms with Crippen molar-refractivity contribution in [1.82, 2.24) is 4.98 Å². The van der Waals surface area contributed by atoms with Crippen molar-refractivity contribution in [2.24, 2.45) is 0 Å². The smallest absolute Gasteiger partial charge is 0.0435 e. The molecule has 0 atom stereocenters. The zero-order chi connectivity index (χ0) is 10.7. The Morgan fingerprint density at radius 1 is 1.07 bits per heavy atom. The van der Waals surface area contributed by atoms with Crippen LogP contribution in [0.1, 0.15) is 62.3 Å². The van der Waals surface area contributed by atoms with E-state index in [1.54, 1.807) is 0 Å². The Labute approximate surface area is 92.9 Å². The van der Waals surface area contributed by atoms with Crippen LogP contribution in [0, 0.1) is 0 Å². The highest BCUT2D eigenvalue weighted by Crippen LogP contribution is 2.22. The minimum Gasteiger partial charge on any atom is -0.261 e. The highest BCUT2D eigenvalue weighted by atomic mass is 14.7. The summed E-state index contributed by atoms with van der Waals surface area (Å²) in [5.74, 6) is 0.605. The summed E-state index contributed by atoms with van der Waals surface area (Å²) in [5.41, 5.74) is 4.27. The third kappa shape index (κ3) is 2.58. The summed E-state index contributed by atoms with van der Waals surface area (Å²) >= 11 is 0. The number of hydrogen-bond donors (Lipinski definition) is 0. The molecule has 1 aromatic rings. The molecule has 0 aliphatic heterocycles. The molecule has 1 heterocycles. The van der Waals surface area contributed by atoms with Crippen molar-refractivity contribution in [3.8, 4) is 0 Å². The first-order chi connectivity index (χ1) is 7.27. The van der Waals surface area contributed by atoms with Gasteiger partial charge in [0, 0.05) is 11.9 Å². The molecule has 0 amide bonds. The van der Waals surface area contributed by atoms with Gasteiger partial charge in [0.2, 0.25) is 0 Å². The van der Waals surface area contributed by atoms with Gasteiger partial charge in [-0.1, -0.05) is 32.8 Å². The van der Waals surface area contributed by atoms with Crippen molar-refractivity contribution >= 4 is 0 Å². The molecule has 0 N–H and O–H groups in total. The molecule has 0 saturated carbocycles. The van der Waals surface area contributed by atoms with Gasteiger partial charge in [-0.15, -0.1) is 0 Å². The largest absolute Gasteiger partial charge is 0.261 e. The first-order valence-electron chi connectivity index (χ1n) is 6.25. The molecule has 1 aliphatic carbocycles. The number of aryl methyl sites for hydroxylation is 2. The first-order valence-corrected chi connectivity index (χ1v) is 6.25. The molecule has 0 fully saturated rings. The van der Waals surface area contributed by atoms with Gasteiger partial charge in [-0.05, 0) is 42.7 Å². The predicted octanol–water partition coefficient (Wildman–Crippen LogP) is 3.86. The SMILES string of the molecule is CC(C)c1cnc2c(c1)CCCCCC2. The zero-order valence-corrected chi connectivity index (χ0v) is 9.92. The summed E-state index contributed by atoms with van der Waals surface area (Å²) in [6.45, 7) is 4.48.